The molecule has 1 unspecified atom stereocenters. The highest BCUT2D eigenvalue weighted by molar-refractivity contribution is 7.99. The molecule has 1 N–H and O–H groups in total. The standard InChI is InChI=1S/C17H22ClN5OS/c1-5-10-19-15(24)11-25-17-21-20-16(12(2)22(3)4)23(17)14-8-6-13(18)7-9-14/h5-9,12H,1,10-11H2,2-4H3,(H,19,24). The van der Waals surface area contributed by atoms with E-state index in [1.165, 1.54) is 11.8 Å². The normalized spacial score (nSPS) is 12.2. The molecule has 0 aliphatic heterocycles. The summed E-state index contributed by atoms with van der Waals surface area (Å²) < 4.78 is 1.96. The van der Waals surface area contributed by atoms with E-state index in [0.29, 0.717) is 16.7 Å². The molecule has 0 aliphatic carbocycles. The molecule has 1 aromatic heterocycles. The molecule has 0 saturated carbocycles. The fourth-order valence-electron chi connectivity index (χ4n) is 2.08. The zero-order chi connectivity index (χ0) is 18.4. The quantitative estimate of drug-likeness (QED) is 0.564. The lowest BCUT2D eigenvalue weighted by molar-refractivity contribution is -0.118. The van der Waals surface area contributed by atoms with Crippen LogP contribution in [-0.4, -0.2) is 52.0 Å². The molecular weight excluding hydrogens is 358 g/mol. The van der Waals surface area contributed by atoms with Crippen LogP contribution < -0.4 is 5.32 Å². The summed E-state index contributed by atoms with van der Waals surface area (Å²) in [6, 6.07) is 7.55. The Morgan fingerprint density at radius 2 is 2.08 bits per heavy atom. The molecule has 1 aromatic carbocycles. The maximum atomic E-state index is 11.9. The van der Waals surface area contributed by atoms with Gasteiger partial charge in [0.15, 0.2) is 11.0 Å². The average molecular weight is 380 g/mol. The van der Waals surface area contributed by atoms with Crippen LogP contribution in [0.25, 0.3) is 5.69 Å². The number of rotatable bonds is 8. The Morgan fingerprint density at radius 1 is 1.40 bits per heavy atom. The van der Waals surface area contributed by atoms with Gasteiger partial charge in [0, 0.05) is 17.3 Å². The largest absolute Gasteiger partial charge is 0.352 e. The molecule has 0 aliphatic rings. The maximum Gasteiger partial charge on any atom is 0.230 e. The van der Waals surface area contributed by atoms with Gasteiger partial charge in [0.05, 0.1) is 11.8 Å². The lowest BCUT2D eigenvalue weighted by atomic mass is 10.2. The summed E-state index contributed by atoms with van der Waals surface area (Å²) in [7, 11) is 3.97. The Morgan fingerprint density at radius 3 is 2.68 bits per heavy atom. The monoisotopic (exact) mass is 379 g/mol. The molecule has 0 radical (unpaired) electrons. The van der Waals surface area contributed by atoms with Crippen LogP contribution in [0.3, 0.4) is 0 Å². The van der Waals surface area contributed by atoms with Gasteiger partial charge in [0.1, 0.15) is 0 Å². The molecule has 134 valence electrons. The first-order valence-corrected chi connectivity index (χ1v) is 9.18. The SMILES string of the molecule is C=CCNC(=O)CSc1nnc(C(C)N(C)C)n1-c1ccc(Cl)cc1. The van der Waals surface area contributed by atoms with Crippen LogP contribution in [0.15, 0.2) is 42.1 Å². The summed E-state index contributed by atoms with van der Waals surface area (Å²) in [6.07, 6.45) is 1.65. The number of thioether (sulfide) groups is 1. The van der Waals surface area contributed by atoms with E-state index in [2.05, 4.69) is 33.9 Å². The van der Waals surface area contributed by atoms with Crippen molar-refractivity contribution in [2.24, 2.45) is 0 Å². The van der Waals surface area contributed by atoms with Gasteiger partial charge in [-0.05, 0) is 45.3 Å². The van der Waals surface area contributed by atoms with E-state index in [1.54, 1.807) is 6.08 Å². The minimum atomic E-state index is -0.0715. The molecule has 1 amide bonds. The second-order valence-corrected chi connectivity index (χ2v) is 7.05. The molecule has 8 heteroatoms. The molecule has 25 heavy (non-hydrogen) atoms. The van der Waals surface area contributed by atoms with Crippen LogP contribution in [0.5, 0.6) is 0 Å². The van der Waals surface area contributed by atoms with Crippen LogP contribution in [0.1, 0.15) is 18.8 Å². The average Bonchev–Trinajstić information content (AvgIpc) is 3.01. The number of hydrogen-bond acceptors (Lipinski definition) is 5. The molecule has 0 saturated heterocycles. The molecule has 2 rings (SSSR count). The van der Waals surface area contributed by atoms with Gasteiger partial charge in [0.2, 0.25) is 5.91 Å². The van der Waals surface area contributed by atoms with E-state index in [4.69, 9.17) is 11.6 Å². The molecule has 1 heterocycles. The minimum absolute atomic E-state index is 0.0621. The van der Waals surface area contributed by atoms with Crippen molar-refractivity contribution in [1.82, 2.24) is 25.0 Å². The summed E-state index contributed by atoms with van der Waals surface area (Å²) in [6.45, 7) is 6.10. The highest BCUT2D eigenvalue weighted by Gasteiger charge is 2.21. The van der Waals surface area contributed by atoms with Gasteiger partial charge in [-0.1, -0.05) is 29.4 Å². The second-order valence-electron chi connectivity index (χ2n) is 5.67. The number of nitrogens with one attached hydrogen (secondary N) is 1. The smallest absolute Gasteiger partial charge is 0.230 e. The number of carbonyl (C=O) groups is 1. The van der Waals surface area contributed by atoms with Gasteiger partial charge < -0.3 is 5.32 Å². The summed E-state index contributed by atoms with van der Waals surface area (Å²) in [5.41, 5.74) is 0.909. The summed E-state index contributed by atoms with van der Waals surface area (Å²) in [5.74, 6) is 0.995. The third-order valence-corrected chi connectivity index (χ3v) is 4.85. The van der Waals surface area contributed by atoms with Gasteiger partial charge in [-0.3, -0.25) is 14.3 Å². The molecule has 0 fully saturated rings. The van der Waals surface area contributed by atoms with Crippen LogP contribution in [0, 0.1) is 0 Å². The number of nitrogens with zero attached hydrogens (tertiary/aromatic N) is 4. The Bertz CT molecular complexity index is 729. The van der Waals surface area contributed by atoms with Crippen LogP contribution in [0.2, 0.25) is 5.02 Å². The maximum absolute atomic E-state index is 11.9. The third-order valence-electron chi connectivity index (χ3n) is 3.67. The molecule has 6 nitrogen and oxygen atoms in total. The predicted octanol–water partition coefficient (Wildman–Crippen LogP) is 2.94. The highest BCUT2D eigenvalue weighted by Crippen LogP contribution is 2.27. The van der Waals surface area contributed by atoms with Gasteiger partial charge in [-0.15, -0.1) is 16.8 Å². The van der Waals surface area contributed by atoms with Crippen molar-refractivity contribution in [3.05, 3.63) is 47.8 Å². The van der Waals surface area contributed by atoms with E-state index < -0.39 is 0 Å². The Hall–Kier alpha value is -1.83. The number of amides is 1. The summed E-state index contributed by atoms with van der Waals surface area (Å²) in [5, 5.41) is 12.7. The molecular formula is C17H22ClN5OS. The van der Waals surface area contributed by atoms with Crippen LogP contribution >= 0.6 is 23.4 Å². The van der Waals surface area contributed by atoms with E-state index >= 15 is 0 Å². The second kappa shape index (κ2) is 9.03. The first-order chi connectivity index (χ1) is 11.9. The molecule has 2 aromatic rings. The fraction of sp³-hybridized carbons (Fsp3) is 0.353. The lowest BCUT2D eigenvalue weighted by Gasteiger charge is -2.20. The van der Waals surface area contributed by atoms with Crippen molar-refractivity contribution in [2.75, 3.05) is 26.4 Å². The number of halogens is 1. The highest BCUT2D eigenvalue weighted by atomic mass is 35.5. The Kier molecular flexibility index (Phi) is 7.04. The molecule has 0 spiro atoms. The van der Waals surface area contributed by atoms with Gasteiger partial charge in [-0.25, -0.2) is 0 Å². The van der Waals surface area contributed by atoms with E-state index in [1.807, 2.05) is 42.9 Å². The van der Waals surface area contributed by atoms with E-state index in [9.17, 15) is 4.79 Å². The Balaban J connectivity index is 2.31. The zero-order valence-corrected chi connectivity index (χ0v) is 16.1. The van der Waals surface area contributed by atoms with Gasteiger partial charge >= 0.3 is 0 Å². The number of hydrogen-bond donors (Lipinski definition) is 1. The van der Waals surface area contributed by atoms with Crippen molar-refractivity contribution >= 4 is 29.3 Å². The minimum Gasteiger partial charge on any atom is -0.352 e. The van der Waals surface area contributed by atoms with Crippen LogP contribution in [0.4, 0.5) is 0 Å². The predicted molar refractivity (Wildman–Crippen MR) is 102 cm³/mol. The van der Waals surface area contributed by atoms with Crippen molar-refractivity contribution in [2.45, 2.75) is 18.1 Å². The zero-order valence-electron chi connectivity index (χ0n) is 14.6. The van der Waals surface area contributed by atoms with Crippen molar-refractivity contribution in [3.63, 3.8) is 0 Å². The van der Waals surface area contributed by atoms with Gasteiger partial charge in [0.25, 0.3) is 0 Å². The van der Waals surface area contributed by atoms with Crippen molar-refractivity contribution in [3.8, 4) is 5.69 Å². The topological polar surface area (TPSA) is 63.1 Å². The van der Waals surface area contributed by atoms with E-state index in [0.717, 1.165) is 11.5 Å². The lowest BCUT2D eigenvalue weighted by Crippen LogP contribution is -2.25. The van der Waals surface area contributed by atoms with E-state index in [-0.39, 0.29) is 17.7 Å². The van der Waals surface area contributed by atoms with Crippen molar-refractivity contribution in [1.29, 1.82) is 0 Å². The first kappa shape index (κ1) is 19.5. The number of benzene rings is 1. The molecule has 1 atom stereocenters. The van der Waals surface area contributed by atoms with Gasteiger partial charge in [-0.2, -0.15) is 0 Å². The summed E-state index contributed by atoms with van der Waals surface area (Å²) in [4.78, 5) is 13.9. The molecule has 0 bridgehead atoms. The number of aromatic nitrogens is 3. The third kappa shape index (κ3) is 5.07. The number of carbonyl (C=O) groups excluding carboxylic acids is 1. The Labute approximate surface area is 157 Å². The summed E-state index contributed by atoms with van der Waals surface area (Å²) >= 11 is 7.35. The van der Waals surface area contributed by atoms with Crippen LogP contribution in [-0.2, 0) is 4.79 Å². The van der Waals surface area contributed by atoms with Crippen molar-refractivity contribution < 1.29 is 4.79 Å². The first-order valence-electron chi connectivity index (χ1n) is 7.82. The fourth-order valence-corrected chi connectivity index (χ4v) is 2.99.